The topological polar surface area (TPSA) is 56.7 Å². The number of rotatable bonds is 8. The molecule has 2 unspecified atom stereocenters. The molecule has 24 heavy (non-hydrogen) atoms. The first-order valence-corrected chi connectivity index (χ1v) is 10.7. The lowest BCUT2D eigenvalue weighted by Crippen LogP contribution is -2.58. The summed E-state index contributed by atoms with van der Waals surface area (Å²) in [5, 5.41) is 19.8. The van der Waals surface area contributed by atoms with Gasteiger partial charge in [-0.3, -0.25) is 4.99 Å². The molecule has 6 heteroatoms. The van der Waals surface area contributed by atoms with Crippen LogP contribution in [0.3, 0.4) is 0 Å². The van der Waals surface area contributed by atoms with Gasteiger partial charge in [-0.15, -0.1) is 11.3 Å². The molecule has 1 aromatic heterocycles. The monoisotopic (exact) mass is 369 g/mol. The van der Waals surface area contributed by atoms with Gasteiger partial charge in [-0.1, -0.05) is 26.8 Å². The number of thioether (sulfide) groups is 1. The standard InChI is InChI=1S/C18H31N3OS2/c1-5-19-16(20-12-17(3,4)14-8-7-11-24-14)21-13-18(22)10-9-15(18)23-6-2/h7-8,11,15,22H,5-6,9-10,12-13H2,1-4H3,(H2,19,20,21). The minimum absolute atomic E-state index is 0.0183. The van der Waals surface area contributed by atoms with E-state index in [1.165, 1.54) is 4.88 Å². The zero-order chi connectivity index (χ0) is 17.6. The van der Waals surface area contributed by atoms with E-state index in [1.54, 1.807) is 11.3 Å². The lowest BCUT2D eigenvalue weighted by atomic mass is 9.79. The Kier molecular flexibility index (Phi) is 7.01. The van der Waals surface area contributed by atoms with Gasteiger partial charge in [-0.2, -0.15) is 11.8 Å². The molecule has 0 aromatic carbocycles. The van der Waals surface area contributed by atoms with Crippen LogP contribution >= 0.6 is 23.1 Å². The maximum atomic E-state index is 10.7. The van der Waals surface area contributed by atoms with Crippen molar-refractivity contribution in [1.82, 2.24) is 10.6 Å². The first kappa shape index (κ1) is 19.6. The quantitative estimate of drug-likeness (QED) is 0.486. The molecule has 0 radical (unpaired) electrons. The third-order valence-electron chi connectivity index (χ3n) is 4.53. The van der Waals surface area contributed by atoms with Gasteiger partial charge in [0.1, 0.15) is 0 Å². The lowest BCUT2D eigenvalue weighted by Gasteiger charge is -2.45. The highest BCUT2D eigenvalue weighted by atomic mass is 32.2. The summed E-state index contributed by atoms with van der Waals surface area (Å²) in [6, 6.07) is 4.26. The molecule has 1 fully saturated rings. The van der Waals surface area contributed by atoms with Gasteiger partial charge in [0.2, 0.25) is 0 Å². The molecule has 136 valence electrons. The molecule has 2 atom stereocenters. The Morgan fingerprint density at radius 3 is 2.79 bits per heavy atom. The number of guanidine groups is 1. The van der Waals surface area contributed by atoms with Crippen LogP contribution in [-0.4, -0.2) is 47.3 Å². The number of nitrogens with zero attached hydrogens (tertiary/aromatic N) is 1. The van der Waals surface area contributed by atoms with E-state index >= 15 is 0 Å². The smallest absolute Gasteiger partial charge is 0.191 e. The van der Waals surface area contributed by atoms with Crippen molar-refractivity contribution in [3.8, 4) is 0 Å². The van der Waals surface area contributed by atoms with E-state index in [4.69, 9.17) is 4.99 Å². The molecule has 1 aromatic rings. The molecule has 0 saturated heterocycles. The van der Waals surface area contributed by atoms with Crippen LogP contribution in [0.4, 0.5) is 0 Å². The number of aliphatic imine (C=N–C) groups is 1. The number of hydrogen-bond donors (Lipinski definition) is 3. The summed E-state index contributed by atoms with van der Waals surface area (Å²) in [6.07, 6.45) is 1.98. The molecule has 3 N–H and O–H groups in total. The predicted molar refractivity (Wildman–Crippen MR) is 107 cm³/mol. The van der Waals surface area contributed by atoms with Gasteiger partial charge >= 0.3 is 0 Å². The number of thiophene rings is 1. The molecule has 1 heterocycles. The normalized spacial score (nSPS) is 24.5. The van der Waals surface area contributed by atoms with Crippen molar-refractivity contribution >= 4 is 29.1 Å². The van der Waals surface area contributed by atoms with Crippen molar-refractivity contribution in [3.05, 3.63) is 22.4 Å². The summed E-state index contributed by atoms with van der Waals surface area (Å²) in [4.78, 5) is 6.10. The van der Waals surface area contributed by atoms with Gasteiger partial charge < -0.3 is 15.7 Å². The molecule has 1 saturated carbocycles. The van der Waals surface area contributed by atoms with Crippen molar-refractivity contribution in [2.75, 3.05) is 25.4 Å². The van der Waals surface area contributed by atoms with Crippen LogP contribution in [0, 0.1) is 0 Å². The third kappa shape index (κ3) is 4.90. The van der Waals surface area contributed by atoms with Crippen molar-refractivity contribution in [1.29, 1.82) is 0 Å². The highest BCUT2D eigenvalue weighted by Gasteiger charge is 2.45. The van der Waals surface area contributed by atoms with Crippen LogP contribution < -0.4 is 10.6 Å². The van der Waals surface area contributed by atoms with Crippen LogP contribution in [-0.2, 0) is 5.41 Å². The lowest BCUT2D eigenvalue weighted by molar-refractivity contribution is -0.0198. The number of hydrogen-bond acceptors (Lipinski definition) is 4. The minimum atomic E-state index is -0.597. The molecule has 0 aliphatic heterocycles. The van der Waals surface area contributed by atoms with Crippen molar-refractivity contribution in [3.63, 3.8) is 0 Å². The van der Waals surface area contributed by atoms with E-state index in [0.29, 0.717) is 18.3 Å². The first-order valence-electron chi connectivity index (χ1n) is 8.81. The van der Waals surface area contributed by atoms with Gasteiger partial charge in [0, 0.05) is 28.6 Å². The molecule has 0 spiro atoms. The Morgan fingerprint density at radius 2 is 2.25 bits per heavy atom. The van der Waals surface area contributed by atoms with Crippen molar-refractivity contribution in [2.24, 2.45) is 4.99 Å². The fourth-order valence-corrected chi connectivity index (χ4v) is 4.88. The zero-order valence-corrected chi connectivity index (χ0v) is 16.9. The Balaban J connectivity index is 1.94. The van der Waals surface area contributed by atoms with Gasteiger partial charge in [0.25, 0.3) is 0 Å². The minimum Gasteiger partial charge on any atom is -0.387 e. The fraction of sp³-hybridized carbons (Fsp3) is 0.722. The van der Waals surface area contributed by atoms with E-state index < -0.39 is 5.60 Å². The van der Waals surface area contributed by atoms with Gasteiger partial charge in [0.05, 0.1) is 12.1 Å². The largest absolute Gasteiger partial charge is 0.387 e. The fourth-order valence-electron chi connectivity index (χ4n) is 2.83. The van der Waals surface area contributed by atoms with Crippen LogP contribution in [0.2, 0.25) is 0 Å². The second kappa shape index (κ2) is 8.59. The molecular weight excluding hydrogens is 338 g/mol. The highest BCUT2D eigenvalue weighted by Crippen LogP contribution is 2.40. The van der Waals surface area contributed by atoms with E-state index in [1.807, 2.05) is 11.8 Å². The molecule has 1 aliphatic rings. The van der Waals surface area contributed by atoms with E-state index in [0.717, 1.165) is 31.1 Å². The van der Waals surface area contributed by atoms with Crippen LogP contribution in [0.1, 0.15) is 45.4 Å². The second-order valence-corrected chi connectivity index (χ2v) is 9.42. The molecule has 2 rings (SSSR count). The molecular formula is C18H31N3OS2. The number of aliphatic hydroxyl groups is 1. The van der Waals surface area contributed by atoms with Crippen LogP contribution in [0.15, 0.2) is 22.5 Å². The summed E-state index contributed by atoms with van der Waals surface area (Å²) in [7, 11) is 0. The van der Waals surface area contributed by atoms with Gasteiger partial charge in [-0.05, 0) is 37.0 Å². The summed E-state index contributed by atoms with van der Waals surface area (Å²) >= 11 is 3.64. The Labute approximate surface area is 154 Å². The van der Waals surface area contributed by atoms with E-state index in [2.05, 4.69) is 55.8 Å². The average molecular weight is 370 g/mol. The summed E-state index contributed by atoms with van der Waals surface area (Å²) in [5.41, 5.74) is -0.579. The summed E-state index contributed by atoms with van der Waals surface area (Å²) < 4.78 is 0. The Bertz CT molecular complexity index is 530. The van der Waals surface area contributed by atoms with Crippen molar-refractivity contribution < 1.29 is 5.11 Å². The van der Waals surface area contributed by atoms with E-state index in [9.17, 15) is 5.11 Å². The first-order chi connectivity index (χ1) is 11.4. The highest BCUT2D eigenvalue weighted by molar-refractivity contribution is 8.00. The molecule has 4 nitrogen and oxygen atoms in total. The summed E-state index contributed by atoms with van der Waals surface area (Å²) in [5.74, 6) is 1.85. The second-order valence-electron chi connectivity index (χ2n) is 7.00. The summed E-state index contributed by atoms with van der Waals surface area (Å²) in [6.45, 7) is 10.8. The average Bonchev–Trinajstić information content (AvgIpc) is 3.09. The Morgan fingerprint density at radius 1 is 1.46 bits per heavy atom. The van der Waals surface area contributed by atoms with Crippen molar-refractivity contribution in [2.45, 2.75) is 56.8 Å². The third-order valence-corrected chi connectivity index (χ3v) is 7.18. The van der Waals surface area contributed by atoms with Gasteiger partial charge in [-0.25, -0.2) is 0 Å². The van der Waals surface area contributed by atoms with Crippen LogP contribution in [0.25, 0.3) is 0 Å². The SMILES string of the molecule is CCNC(=NCC(C)(C)c1cccs1)NCC1(O)CCC1SCC. The van der Waals surface area contributed by atoms with Crippen LogP contribution in [0.5, 0.6) is 0 Å². The maximum Gasteiger partial charge on any atom is 0.191 e. The predicted octanol–water partition coefficient (Wildman–Crippen LogP) is 3.23. The molecule has 0 amide bonds. The molecule has 1 aliphatic carbocycles. The molecule has 0 bridgehead atoms. The zero-order valence-electron chi connectivity index (χ0n) is 15.3. The Hall–Kier alpha value is -0.720. The van der Waals surface area contributed by atoms with Gasteiger partial charge in [0.15, 0.2) is 5.96 Å². The maximum absolute atomic E-state index is 10.7. The van der Waals surface area contributed by atoms with E-state index in [-0.39, 0.29) is 5.41 Å². The number of nitrogens with one attached hydrogen (secondary N) is 2.